The van der Waals surface area contributed by atoms with Gasteiger partial charge in [0.15, 0.2) is 5.96 Å². The van der Waals surface area contributed by atoms with E-state index >= 15 is 0 Å². The van der Waals surface area contributed by atoms with Gasteiger partial charge in [-0.05, 0) is 62.9 Å². The molecule has 1 atom stereocenters. The predicted molar refractivity (Wildman–Crippen MR) is 130 cm³/mol. The third-order valence-electron chi connectivity index (χ3n) is 5.84. The lowest BCUT2D eigenvalue weighted by Gasteiger charge is -2.22. The molecule has 4 rings (SSSR count). The molecule has 1 fully saturated rings. The Morgan fingerprint density at radius 3 is 2.69 bits per heavy atom. The Hall–Kier alpha value is -3.35. The molecule has 0 amide bonds. The molecule has 0 aliphatic carbocycles. The molecular weight excluding hydrogens is 398 g/mol. The maximum Gasteiger partial charge on any atom is 0.192 e. The zero-order chi connectivity index (χ0) is 22.3. The first-order valence-corrected chi connectivity index (χ1v) is 11.5. The highest BCUT2D eigenvalue weighted by molar-refractivity contribution is 5.80. The molecule has 0 saturated carbocycles. The standard InChI is InChI=1S/C25H33N7/c1-4-26-25(29-18-21-10-11-24(28-17-21)32-15-12-27-20(32)3)30-19(2)22-8-7-9-23(16-22)31-13-5-6-14-31/h7-12,15-17,19H,4-6,13-14,18H2,1-3H3,(H2,26,29,30). The van der Waals surface area contributed by atoms with Crippen LogP contribution in [0, 0.1) is 6.92 Å². The number of benzene rings is 1. The van der Waals surface area contributed by atoms with E-state index < -0.39 is 0 Å². The van der Waals surface area contributed by atoms with Gasteiger partial charge in [0, 0.05) is 43.9 Å². The largest absolute Gasteiger partial charge is 0.372 e. The van der Waals surface area contributed by atoms with Gasteiger partial charge in [0.1, 0.15) is 11.6 Å². The molecule has 1 saturated heterocycles. The van der Waals surface area contributed by atoms with Crippen molar-refractivity contribution in [3.8, 4) is 5.82 Å². The minimum atomic E-state index is 0.153. The number of hydrogen-bond donors (Lipinski definition) is 2. The first kappa shape index (κ1) is 21.9. The van der Waals surface area contributed by atoms with Crippen LogP contribution >= 0.6 is 0 Å². The van der Waals surface area contributed by atoms with Gasteiger partial charge in [-0.3, -0.25) is 4.57 Å². The fourth-order valence-corrected chi connectivity index (χ4v) is 4.02. The SMILES string of the molecule is CCNC(=NCc1ccc(-n2ccnc2C)nc1)NC(C)c1cccc(N2CCCC2)c1. The number of aromatic nitrogens is 3. The number of anilines is 1. The molecule has 0 radical (unpaired) electrons. The van der Waals surface area contributed by atoms with E-state index in [-0.39, 0.29) is 6.04 Å². The lowest BCUT2D eigenvalue weighted by molar-refractivity contribution is 0.686. The normalized spacial score (nSPS) is 15.1. The van der Waals surface area contributed by atoms with Crippen LogP contribution in [0.15, 0.2) is 60.0 Å². The fourth-order valence-electron chi connectivity index (χ4n) is 4.02. The molecule has 7 heteroatoms. The quantitative estimate of drug-likeness (QED) is 0.437. The van der Waals surface area contributed by atoms with E-state index in [0.717, 1.165) is 42.8 Å². The van der Waals surface area contributed by atoms with Crippen LogP contribution in [0.4, 0.5) is 5.69 Å². The smallest absolute Gasteiger partial charge is 0.192 e. The van der Waals surface area contributed by atoms with Crippen LogP contribution in [-0.4, -0.2) is 40.1 Å². The van der Waals surface area contributed by atoms with Gasteiger partial charge in [-0.25, -0.2) is 15.0 Å². The third kappa shape index (κ3) is 5.28. The summed E-state index contributed by atoms with van der Waals surface area (Å²) in [5.74, 6) is 2.59. The van der Waals surface area contributed by atoms with Gasteiger partial charge in [0.25, 0.3) is 0 Å². The Kier molecular flexibility index (Phi) is 7.04. The van der Waals surface area contributed by atoms with Crippen LogP contribution in [0.2, 0.25) is 0 Å². The molecule has 2 N–H and O–H groups in total. The van der Waals surface area contributed by atoms with Gasteiger partial charge in [-0.2, -0.15) is 0 Å². The number of imidazole rings is 1. The topological polar surface area (TPSA) is 70.4 Å². The highest BCUT2D eigenvalue weighted by Crippen LogP contribution is 2.24. The number of nitrogens with zero attached hydrogens (tertiary/aromatic N) is 5. The van der Waals surface area contributed by atoms with E-state index in [1.165, 1.54) is 24.1 Å². The molecule has 3 heterocycles. The maximum atomic E-state index is 4.78. The highest BCUT2D eigenvalue weighted by atomic mass is 15.2. The molecular formula is C25H33N7. The summed E-state index contributed by atoms with van der Waals surface area (Å²) in [5.41, 5.74) is 3.64. The molecule has 3 aromatic rings. The molecule has 2 aromatic heterocycles. The summed E-state index contributed by atoms with van der Waals surface area (Å²) in [6.07, 6.45) is 8.15. The predicted octanol–water partition coefficient (Wildman–Crippen LogP) is 3.99. The molecule has 0 bridgehead atoms. The fraction of sp³-hybridized carbons (Fsp3) is 0.400. The minimum Gasteiger partial charge on any atom is -0.372 e. The van der Waals surface area contributed by atoms with Crippen LogP contribution in [-0.2, 0) is 6.54 Å². The summed E-state index contributed by atoms with van der Waals surface area (Å²) in [5, 5.41) is 6.91. The number of pyridine rings is 1. The Balaban J connectivity index is 1.41. The Bertz CT molecular complexity index is 1030. The van der Waals surface area contributed by atoms with Crippen molar-refractivity contribution in [3.63, 3.8) is 0 Å². The van der Waals surface area contributed by atoms with Gasteiger partial charge in [0.05, 0.1) is 12.6 Å². The summed E-state index contributed by atoms with van der Waals surface area (Å²) in [6.45, 7) is 9.91. The maximum absolute atomic E-state index is 4.78. The van der Waals surface area contributed by atoms with Gasteiger partial charge in [-0.15, -0.1) is 0 Å². The van der Waals surface area contributed by atoms with Crippen molar-refractivity contribution in [2.75, 3.05) is 24.5 Å². The van der Waals surface area contributed by atoms with Gasteiger partial charge in [0.2, 0.25) is 0 Å². The monoisotopic (exact) mass is 431 g/mol. The number of aliphatic imine (C=N–C) groups is 1. The van der Waals surface area contributed by atoms with Crippen molar-refractivity contribution in [3.05, 3.63) is 71.9 Å². The summed E-state index contributed by atoms with van der Waals surface area (Å²) < 4.78 is 1.97. The van der Waals surface area contributed by atoms with Crippen molar-refractivity contribution in [2.45, 2.75) is 46.2 Å². The van der Waals surface area contributed by atoms with Crippen LogP contribution in [0.5, 0.6) is 0 Å². The second kappa shape index (κ2) is 10.3. The molecule has 1 aromatic carbocycles. The van der Waals surface area contributed by atoms with Gasteiger partial charge < -0.3 is 15.5 Å². The van der Waals surface area contributed by atoms with Gasteiger partial charge >= 0.3 is 0 Å². The first-order valence-electron chi connectivity index (χ1n) is 11.5. The lowest BCUT2D eigenvalue weighted by atomic mass is 10.1. The Morgan fingerprint density at radius 2 is 2.00 bits per heavy atom. The molecule has 7 nitrogen and oxygen atoms in total. The average Bonchev–Trinajstić information content (AvgIpc) is 3.50. The highest BCUT2D eigenvalue weighted by Gasteiger charge is 2.14. The van der Waals surface area contributed by atoms with Crippen LogP contribution in [0.25, 0.3) is 5.82 Å². The second-order valence-corrected chi connectivity index (χ2v) is 8.22. The van der Waals surface area contributed by atoms with E-state index in [4.69, 9.17) is 4.99 Å². The Morgan fingerprint density at radius 1 is 1.16 bits per heavy atom. The molecule has 1 aliphatic rings. The zero-order valence-electron chi connectivity index (χ0n) is 19.3. The summed E-state index contributed by atoms with van der Waals surface area (Å²) in [6, 6.07) is 13.1. The van der Waals surface area contributed by atoms with Crippen molar-refractivity contribution in [1.82, 2.24) is 25.2 Å². The molecule has 168 valence electrons. The van der Waals surface area contributed by atoms with Gasteiger partial charge in [-0.1, -0.05) is 18.2 Å². The minimum absolute atomic E-state index is 0.153. The van der Waals surface area contributed by atoms with Crippen LogP contribution in [0.3, 0.4) is 0 Å². The van der Waals surface area contributed by atoms with Crippen LogP contribution in [0.1, 0.15) is 49.7 Å². The first-order chi connectivity index (χ1) is 15.6. The number of guanidine groups is 1. The van der Waals surface area contributed by atoms with Crippen molar-refractivity contribution in [1.29, 1.82) is 0 Å². The van der Waals surface area contributed by atoms with E-state index in [9.17, 15) is 0 Å². The summed E-state index contributed by atoms with van der Waals surface area (Å²) >= 11 is 0. The van der Waals surface area contributed by atoms with Crippen molar-refractivity contribution >= 4 is 11.6 Å². The zero-order valence-corrected chi connectivity index (χ0v) is 19.3. The van der Waals surface area contributed by atoms with E-state index in [2.05, 4.69) is 69.7 Å². The molecule has 1 unspecified atom stereocenters. The van der Waals surface area contributed by atoms with Crippen molar-refractivity contribution < 1.29 is 0 Å². The molecule has 0 spiro atoms. The van der Waals surface area contributed by atoms with Crippen molar-refractivity contribution in [2.24, 2.45) is 4.99 Å². The van der Waals surface area contributed by atoms with E-state index in [1.807, 2.05) is 30.0 Å². The van der Waals surface area contributed by atoms with E-state index in [0.29, 0.717) is 6.54 Å². The number of nitrogens with one attached hydrogen (secondary N) is 2. The molecule has 32 heavy (non-hydrogen) atoms. The second-order valence-electron chi connectivity index (χ2n) is 8.22. The summed E-state index contributed by atoms with van der Waals surface area (Å²) in [4.78, 5) is 16.1. The Labute approximate surface area is 190 Å². The summed E-state index contributed by atoms with van der Waals surface area (Å²) in [7, 11) is 0. The average molecular weight is 432 g/mol. The number of aryl methyl sites for hydroxylation is 1. The number of rotatable bonds is 7. The lowest BCUT2D eigenvalue weighted by Crippen LogP contribution is -2.38. The number of hydrogen-bond acceptors (Lipinski definition) is 4. The third-order valence-corrected chi connectivity index (χ3v) is 5.84. The van der Waals surface area contributed by atoms with E-state index in [1.54, 1.807) is 6.20 Å². The van der Waals surface area contributed by atoms with Crippen LogP contribution < -0.4 is 15.5 Å². The molecule has 1 aliphatic heterocycles.